The second-order valence-corrected chi connectivity index (χ2v) is 5.11. The Hall–Kier alpha value is -0.0800. The number of piperazine rings is 1. The molecule has 1 rings (SSSR count). The normalized spacial score (nSPS) is 35.0. The molecule has 2 heteroatoms. The van der Waals surface area contributed by atoms with Crippen molar-refractivity contribution in [3.63, 3.8) is 0 Å². The van der Waals surface area contributed by atoms with Gasteiger partial charge < -0.3 is 5.32 Å². The number of rotatable bonds is 0. The van der Waals surface area contributed by atoms with Crippen molar-refractivity contribution < 1.29 is 0 Å². The summed E-state index contributed by atoms with van der Waals surface area (Å²) in [6.07, 6.45) is 0. The SMILES string of the molecule is C[C@H]1CN(C)C(C)(C)C(C)(C)N1. The predicted molar refractivity (Wildman–Crippen MR) is 53.4 cm³/mol. The van der Waals surface area contributed by atoms with Gasteiger partial charge in [0, 0.05) is 23.7 Å². The van der Waals surface area contributed by atoms with E-state index in [1.807, 2.05) is 0 Å². The first-order valence-electron chi connectivity index (χ1n) is 4.76. The molecule has 1 aliphatic heterocycles. The van der Waals surface area contributed by atoms with Gasteiger partial charge in [-0.05, 0) is 41.7 Å². The molecule has 0 saturated carbocycles. The molecule has 0 amide bonds. The van der Waals surface area contributed by atoms with E-state index in [0.717, 1.165) is 6.54 Å². The summed E-state index contributed by atoms with van der Waals surface area (Å²) in [7, 11) is 2.21. The van der Waals surface area contributed by atoms with Crippen LogP contribution in [0.25, 0.3) is 0 Å². The maximum Gasteiger partial charge on any atom is 0.0327 e. The van der Waals surface area contributed by atoms with Crippen molar-refractivity contribution in [1.82, 2.24) is 10.2 Å². The van der Waals surface area contributed by atoms with E-state index >= 15 is 0 Å². The van der Waals surface area contributed by atoms with Gasteiger partial charge in [0.1, 0.15) is 0 Å². The molecule has 12 heavy (non-hydrogen) atoms. The minimum atomic E-state index is 0.194. The van der Waals surface area contributed by atoms with Crippen molar-refractivity contribution in [1.29, 1.82) is 0 Å². The highest BCUT2D eigenvalue weighted by Gasteiger charge is 2.44. The summed E-state index contributed by atoms with van der Waals surface area (Å²) in [6, 6.07) is 0.595. The van der Waals surface area contributed by atoms with Gasteiger partial charge in [-0.15, -0.1) is 0 Å². The zero-order valence-corrected chi connectivity index (χ0v) is 9.23. The molecular formula is C10H22N2. The molecule has 2 nitrogen and oxygen atoms in total. The Labute approximate surface area is 76.3 Å². The summed E-state index contributed by atoms with van der Waals surface area (Å²) < 4.78 is 0. The van der Waals surface area contributed by atoms with Gasteiger partial charge in [0.2, 0.25) is 0 Å². The van der Waals surface area contributed by atoms with Crippen LogP contribution in [-0.4, -0.2) is 35.6 Å². The third-order valence-electron chi connectivity index (χ3n) is 3.64. The van der Waals surface area contributed by atoms with Gasteiger partial charge in [-0.3, -0.25) is 4.90 Å². The van der Waals surface area contributed by atoms with Crippen molar-refractivity contribution in [3.8, 4) is 0 Å². The zero-order valence-electron chi connectivity index (χ0n) is 9.23. The molecule has 1 N–H and O–H groups in total. The summed E-state index contributed by atoms with van der Waals surface area (Å²) in [5.74, 6) is 0. The molecule has 0 spiro atoms. The van der Waals surface area contributed by atoms with Crippen molar-refractivity contribution in [3.05, 3.63) is 0 Å². The summed E-state index contributed by atoms with van der Waals surface area (Å²) in [5.41, 5.74) is 0.429. The van der Waals surface area contributed by atoms with Crippen LogP contribution < -0.4 is 5.32 Å². The lowest BCUT2D eigenvalue weighted by Gasteiger charge is -2.54. The molecule has 0 bridgehead atoms. The van der Waals surface area contributed by atoms with E-state index in [1.54, 1.807) is 0 Å². The van der Waals surface area contributed by atoms with Gasteiger partial charge in [0.15, 0.2) is 0 Å². The number of nitrogens with zero attached hydrogens (tertiary/aromatic N) is 1. The second-order valence-electron chi connectivity index (χ2n) is 5.11. The molecular weight excluding hydrogens is 148 g/mol. The van der Waals surface area contributed by atoms with E-state index in [4.69, 9.17) is 0 Å². The van der Waals surface area contributed by atoms with Crippen LogP contribution in [0.4, 0.5) is 0 Å². The summed E-state index contributed by atoms with van der Waals surface area (Å²) >= 11 is 0. The topological polar surface area (TPSA) is 15.3 Å². The second kappa shape index (κ2) is 2.71. The minimum Gasteiger partial charge on any atom is -0.306 e. The smallest absolute Gasteiger partial charge is 0.0327 e. The minimum absolute atomic E-state index is 0.194. The van der Waals surface area contributed by atoms with Gasteiger partial charge in [-0.1, -0.05) is 0 Å². The van der Waals surface area contributed by atoms with E-state index in [-0.39, 0.29) is 11.1 Å². The third-order valence-corrected chi connectivity index (χ3v) is 3.64. The quantitative estimate of drug-likeness (QED) is 0.592. The summed E-state index contributed by atoms with van der Waals surface area (Å²) in [5, 5.41) is 3.63. The van der Waals surface area contributed by atoms with Crippen LogP contribution in [0, 0.1) is 0 Å². The molecule has 1 saturated heterocycles. The van der Waals surface area contributed by atoms with Gasteiger partial charge in [-0.2, -0.15) is 0 Å². The number of likely N-dealkylation sites (N-methyl/N-ethyl adjacent to an activating group) is 1. The maximum atomic E-state index is 3.63. The molecule has 0 unspecified atom stereocenters. The van der Waals surface area contributed by atoms with Crippen molar-refractivity contribution in [2.75, 3.05) is 13.6 Å². The van der Waals surface area contributed by atoms with Gasteiger partial charge >= 0.3 is 0 Å². The zero-order chi connectivity index (χ0) is 9.57. The van der Waals surface area contributed by atoms with E-state index in [0.29, 0.717) is 6.04 Å². The highest BCUT2D eigenvalue weighted by molar-refractivity contribution is 5.05. The average Bonchev–Trinajstić information content (AvgIpc) is 1.82. The highest BCUT2D eigenvalue weighted by Crippen LogP contribution is 2.30. The molecule has 1 aliphatic rings. The predicted octanol–water partition coefficient (Wildman–Crippen LogP) is 1.47. The van der Waals surface area contributed by atoms with Crippen LogP contribution in [0.2, 0.25) is 0 Å². The van der Waals surface area contributed by atoms with E-state index in [9.17, 15) is 0 Å². The van der Waals surface area contributed by atoms with Gasteiger partial charge in [0.05, 0.1) is 0 Å². The largest absolute Gasteiger partial charge is 0.306 e. The molecule has 0 aromatic rings. The lowest BCUT2D eigenvalue weighted by Crippen LogP contribution is -2.71. The molecule has 0 aromatic heterocycles. The fourth-order valence-electron chi connectivity index (χ4n) is 1.95. The summed E-state index contributed by atoms with van der Waals surface area (Å²) in [6.45, 7) is 12.5. The molecule has 0 aromatic carbocycles. The average molecular weight is 170 g/mol. The Morgan fingerprint density at radius 3 is 2.17 bits per heavy atom. The Balaban J connectivity index is 2.86. The van der Waals surface area contributed by atoms with E-state index < -0.39 is 0 Å². The standard InChI is InChI=1S/C10H22N2/c1-8-7-12(6)10(4,5)9(2,3)11-8/h8,11H,7H2,1-6H3/t8-/m0/s1. The van der Waals surface area contributed by atoms with E-state index in [2.05, 4.69) is 51.9 Å². The molecule has 1 heterocycles. The molecule has 0 radical (unpaired) electrons. The fraction of sp³-hybridized carbons (Fsp3) is 1.00. The Bertz CT molecular complexity index is 173. The van der Waals surface area contributed by atoms with Crippen LogP contribution in [0.1, 0.15) is 34.6 Å². The van der Waals surface area contributed by atoms with Crippen LogP contribution >= 0.6 is 0 Å². The first kappa shape index (κ1) is 10.0. The Morgan fingerprint density at radius 1 is 1.25 bits per heavy atom. The Kier molecular flexibility index (Phi) is 2.26. The fourth-order valence-corrected chi connectivity index (χ4v) is 1.95. The molecule has 1 fully saturated rings. The van der Waals surface area contributed by atoms with Crippen molar-refractivity contribution >= 4 is 0 Å². The van der Waals surface area contributed by atoms with Crippen LogP contribution in [0.3, 0.4) is 0 Å². The lowest BCUT2D eigenvalue weighted by atomic mass is 9.78. The van der Waals surface area contributed by atoms with Crippen LogP contribution in [0.15, 0.2) is 0 Å². The van der Waals surface area contributed by atoms with Crippen molar-refractivity contribution in [2.45, 2.75) is 51.7 Å². The monoisotopic (exact) mass is 170 g/mol. The number of nitrogens with one attached hydrogen (secondary N) is 1. The highest BCUT2D eigenvalue weighted by atomic mass is 15.3. The third kappa shape index (κ3) is 1.38. The Morgan fingerprint density at radius 2 is 1.75 bits per heavy atom. The first-order chi connectivity index (χ1) is 5.27. The van der Waals surface area contributed by atoms with Crippen molar-refractivity contribution in [2.24, 2.45) is 0 Å². The molecule has 72 valence electrons. The maximum absolute atomic E-state index is 3.63. The number of hydrogen-bond acceptors (Lipinski definition) is 2. The molecule has 1 atom stereocenters. The summed E-state index contributed by atoms with van der Waals surface area (Å²) in [4.78, 5) is 2.44. The van der Waals surface area contributed by atoms with E-state index in [1.165, 1.54) is 0 Å². The van der Waals surface area contributed by atoms with Gasteiger partial charge in [0.25, 0.3) is 0 Å². The molecule has 0 aliphatic carbocycles. The number of hydrogen-bond donors (Lipinski definition) is 1. The van der Waals surface area contributed by atoms with Crippen LogP contribution in [0.5, 0.6) is 0 Å². The lowest BCUT2D eigenvalue weighted by molar-refractivity contribution is 0.00701. The van der Waals surface area contributed by atoms with Gasteiger partial charge in [-0.25, -0.2) is 0 Å². The van der Waals surface area contributed by atoms with Crippen LogP contribution in [-0.2, 0) is 0 Å². The first-order valence-corrected chi connectivity index (χ1v) is 4.76.